The molecule has 28 heavy (non-hydrogen) atoms. The molecule has 1 aliphatic heterocycles. The van der Waals surface area contributed by atoms with Gasteiger partial charge in [0.15, 0.2) is 0 Å². The van der Waals surface area contributed by atoms with Crippen LogP contribution in [-0.2, 0) is 4.79 Å². The number of hydrogen-bond donors (Lipinski definition) is 0. The summed E-state index contributed by atoms with van der Waals surface area (Å²) in [5.74, 6) is 0.783. The molecule has 0 bridgehead atoms. The molecule has 1 heterocycles. The number of benzene rings is 2. The fourth-order valence-corrected chi connectivity index (χ4v) is 3.59. The highest BCUT2D eigenvalue weighted by Crippen LogP contribution is 2.28. The minimum atomic E-state index is -0.556. The molecule has 0 aromatic heterocycles. The van der Waals surface area contributed by atoms with Crippen molar-refractivity contribution in [2.75, 3.05) is 32.2 Å². The predicted octanol–water partition coefficient (Wildman–Crippen LogP) is 3.20. The lowest BCUT2D eigenvalue weighted by Crippen LogP contribution is -2.58. The van der Waals surface area contributed by atoms with Gasteiger partial charge in [-0.25, -0.2) is 0 Å². The van der Waals surface area contributed by atoms with E-state index in [9.17, 15) is 9.59 Å². The summed E-state index contributed by atoms with van der Waals surface area (Å²) in [6, 6.07) is 10.5. The second-order valence-corrected chi connectivity index (χ2v) is 7.06. The van der Waals surface area contributed by atoms with Crippen molar-refractivity contribution in [2.45, 2.75) is 26.8 Å². The zero-order valence-electron chi connectivity index (χ0n) is 17.0. The summed E-state index contributed by atoms with van der Waals surface area (Å²) < 4.78 is 10.5. The van der Waals surface area contributed by atoms with Gasteiger partial charge in [-0.15, -0.1) is 0 Å². The maximum Gasteiger partial charge on any atom is 0.254 e. The van der Waals surface area contributed by atoms with E-state index in [-0.39, 0.29) is 11.8 Å². The third kappa shape index (κ3) is 3.67. The van der Waals surface area contributed by atoms with Crippen molar-refractivity contribution in [3.05, 3.63) is 53.1 Å². The van der Waals surface area contributed by atoms with Crippen LogP contribution in [0.4, 0.5) is 5.69 Å². The van der Waals surface area contributed by atoms with Crippen LogP contribution in [0.2, 0.25) is 0 Å². The molecule has 6 heteroatoms. The summed E-state index contributed by atoms with van der Waals surface area (Å²) in [4.78, 5) is 29.5. The Morgan fingerprint density at radius 2 is 1.64 bits per heavy atom. The lowest BCUT2D eigenvalue weighted by molar-refractivity contribution is -0.124. The van der Waals surface area contributed by atoms with Crippen LogP contribution in [0.5, 0.6) is 11.5 Å². The molecule has 0 spiro atoms. The molecular formula is C22H26N2O4. The molecule has 3 rings (SSSR count). The van der Waals surface area contributed by atoms with Gasteiger partial charge in [0.05, 0.1) is 14.2 Å². The van der Waals surface area contributed by atoms with Crippen LogP contribution >= 0.6 is 0 Å². The Hall–Kier alpha value is -3.02. The first-order chi connectivity index (χ1) is 13.3. The molecule has 1 atom stereocenters. The van der Waals surface area contributed by atoms with Crippen molar-refractivity contribution in [1.82, 2.24) is 4.90 Å². The van der Waals surface area contributed by atoms with Crippen molar-refractivity contribution in [1.29, 1.82) is 0 Å². The highest BCUT2D eigenvalue weighted by atomic mass is 16.5. The monoisotopic (exact) mass is 382 g/mol. The van der Waals surface area contributed by atoms with Gasteiger partial charge in [-0.3, -0.25) is 9.59 Å². The van der Waals surface area contributed by atoms with E-state index in [1.807, 2.05) is 26.0 Å². The molecule has 6 nitrogen and oxygen atoms in total. The fourth-order valence-electron chi connectivity index (χ4n) is 3.59. The highest BCUT2D eigenvalue weighted by molar-refractivity contribution is 6.04. The zero-order chi connectivity index (χ0) is 20.4. The highest BCUT2D eigenvalue weighted by Gasteiger charge is 2.36. The van der Waals surface area contributed by atoms with Gasteiger partial charge < -0.3 is 19.3 Å². The Morgan fingerprint density at radius 1 is 1.00 bits per heavy atom. The van der Waals surface area contributed by atoms with E-state index in [2.05, 4.69) is 6.07 Å². The lowest BCUT2D eigenvalue weighted by atomic mass is 10.1. The number of piperazine rings is 1. The number of anilines is 1. The molecule has 0 aliphatic carbocycles. The third-order valence-electron chi connectivity index (χ3n) is 5.16. The summed E-state index contributed by atoms with van der Waals surface area (Å²) in [6.45, 7) is 6.71. The summed E-state index contributed by atoms with van der Waals surface area (Å²) in [5.41, 5.74) is 3.55. The molecular weight excluding hydrogens is 356 g/mol. The van der Waals surface area contributed by atoms with E-state index in [0.717, 1.165) is 16.8 Å². The number of rotatable bonds is 4. The van der Waals surface area contributed by atoms with Gasteiger partial charge in [-0.1, -0.05) is 17.7 Å². The molecule has 0 radical (unpaired) electrons. The normalized spacial score (nSPS) is 16.9. The maximum absolute atomic E-state index is 13.1. The Balaban J connectivity index is 1.85. The first-order valence-electron chi connectivity index (χ1n) is 9.28. The minimum Gasteiger partial charge on any atom is -0.497 e. The maximum atomic E-state index is 13.1. The molecule has 1 fully saturated rings. The minimum absolute atomic E-state index is 0.0820. The van der Waals surface area contributed by atoms with Crippen LogP contribution in [0.3, 0.4) is 0 Å². The van der Waals surface area contributed by atoms with E-state index in [1.54, 1.807) is 34.9 Å². The molecule has 0 saturated carbocycles. The summed E-state index contributed by atoms with van der Waals surface area (Å²) in [5, 5.41) is 0. The van der Waals surface area contributed by atoms with E-state index in [4.69, 9.17) is 9.47 Å². The number of amides is 2. The van der Waals surface area contributed by atoms with Gasteiger partial charge in [-0.2, -0.15) is 0 Å². The van der Waals surface area contributed by atoms with Crippen molar-refractivity contribution in [3.63, 3.8) is 0 Å². The van der Waals surface area contributed by atoms with Gasteiger partial charge >= 0.3 is 0 Å². The van der Waals surface area contributed by atoms with Gasteiger partial charge in [0, 0.05) is 30.4 Å². The van der Waals surface area contributed by atoms with Crippen molar-refractivity contribution in [3.8, 4) is 11.5 Å². The Morgan fingerprint density at radius 3 is 2.21 bits per heavy atom. The van der Waals surface area contributed by atoms with Crippen LogP contribution in [0, 0.1) is 13.8 Å². The van der Waals surface area contributed by atoms with Crippen molar-refractivity contribution >= 4 is 17.5 Å². The van der Waals surface area contributed by atoms with Crippen LogP contribution in [0.15, 0.2) is 36.4 Å². The van der Waals surface area contributed by atoms with Crippen LogP contribution in [0.1, 0.15) is 28.4 Å². The Labute approximate surface area is 165 Å². The number of methoxy groups -OCH3 is 2. The molecule has 148 valence electrons. The fraction of sp³-hybridized carbons (Fsp3) is 0.364. The Bertz CT molecular complexity index is 887. The number of ether oxygens (including phenoxy) is 2. The number of carbonyl (C=O) groups excluding carboxylic acids is 2. The third-order valence-corrected chi connectivity index (χ3v) is 5.16. The van der Waals surface area contributed by atoms with Gasteiger partial charge in [0.2, 0.25) is 5.91 Å². The smallest absolute Gasteiger partial charge is 0.254 e. The number of carbonyl (C=O) groups is 2. The lowest BCUT2D eigenvalue weighted by Gasteiger charge is -2.39. The second kappa shape index (κ2) is 7.92. The first kappa shape index (κ1) is 19.7. The van der Waals surface area contributed by atoms with Crippen LogP contribution < -0.4 is 14.4 Å². The summed E-state index contributed by atoms with van der Waals surface area (Å²) in [6.07, 6.45) is 0. The van der Waals surface area contributed by atoms with Gasteiger partial charge in [0.1, 0.15) is 17.5 Å². The van der Waals surface area contributed by atoms with Crippen LogP contribution in [-0.4, -0.2) is 50.1 Å². The SMILES string of the molecule is COc1cc(OC)cc(C(=O)N2CCN(c3ccc(C)cc3C)C(=O)[C@H]2C)c1. The topological polar surface area (TPSA) is 59.1 Å². The average Bonchev–Trinajstić information content (AvgIpc) is 2.69. The van der Waals surface area contributed by atoms with E-state index in [0.29, 0.717) is 30.2 Å². The van der Waals surface area contributed by atoms with E-state index >= 15 is 0 Å². The number of aryl methyl sites for hydroxylation is 2. The molecule has 0 N–H and O–H groups in total. The zero-order valence-corrected chi connectivity index (χ0v) is 17.0. The van der Waals surface area contributed by atoms with Gasteiger partial charge in [-0.05, 0) is 44.5 Å². The molecule has 0 unspecified atom stereocenters. The van der Waals surface area contributed by atoms with Crippen molar-refractivity contribution in [2.24, 2.45) is 0 Å². The van der Waals surface area contributed by atoms with E-state index < -0.39 is 6.04 Å². The van der Waals surface area contributed by atoms with Gasteiger partial charge in [0.25, 0.3) is 5.91 Å². The largest absolute Gasteiger partial charge is 0.497 e. The van der Waals surface area contributed by atoms with Crippen LogP contribution in [0.25, 0.3) is 0 Å². The molecule has 2 aromatic rings. The molecule has 1 aliphatic rings. The first-order valence-corrected chi connectivity index (χ1v) is 9.28. The molecule has 1 saturated heterocycles. The quantitative estimate of drug-likeness (QED) is 0.815. The molecule has 2 amide bonds. The van der Waals surface area contributed by atoms with Crippen molar-refractivity contribution < 1.29 is 19.1 Å². The average molecular weight is 382 g/mol. The Kier molecular flexibility index (Phi) is 5.58. The predicted molar refractivity (Wildman–Crippen MR) is 108 cm³/mol. The number of hydrogen-bond acceptors (Lipinski definition) is 4. The summed E-state index contributed by atoms with van der Waals surface area (Å²) >= 11 is 0. The van der Waals surface area contributed by atoms with E-state index in [1.165, 1.54) is 14.2 Å². The summed E-state index contributed by atoms with van der Waals surface area (Å²) in [7, 11) is 3.08. The molecule has 2 aromatic carbocycles. The second-order valence-electron chi connectivity index (χ2n) is 7.06. The standard InChI is InChI=1S/C22H26N2O4/c1-14-6-7-20(15(2)10-14)24-9-8-23(16(3)21(24)25)22(26)17-11-18(27-4)13-19(12-17)28-5/h6-7,10-13,16H,8-9H2,1-5H3/t16-/m1/s1. The number of nitrogens with zero attached hydrogens (tertiary/aromatic N) is 2.